The van der Waals surface area contributed by atoms with E-state index in [2.05, 4.69) is 0 Å². The average molecular weight is 274 g/mol. The standard InChI is InChI=1S/C13H19NO3.ClH/c1-8(15)17-11-6-5-9(7-10(11)16)12(14)13(2,3)4;/h5-7,12,16H,14H2,1-4H3;1H/t12-;/m1./s1. The molecular formula is C13H20ClNO3. The van der Waals surface area contributed by atoms with Gasteiger partial charge in [-0.15, -0.1) is 12.4 Å². The van der Waals surface area contributed by atoms with E-state index in [0.29, 0.717) is 0 Å². The number of esters is 1. The Balaban J connectivity index is 0.00000289. The smallest absolute Gasteiger partial charge is 0.308 e. The molecular weight excluding hydrogens is 254 g/mol. The van der Waals surface area contributed by atoms with Crippen molar-refractivity contribution in [2.24, 2.45) is 11.1 Å². The van der Waals surface area contributed by atoms with E-state index in [0.717, 1.165) is 5.56 Å². The molecule has 0 aromatic heterocycles. The molecule has 3 N–H and O–H groups in total. The van der Waals surface area contributed by atoms with Crippen LogP contribution in [0.4, 0.5) is 0 Å². The maximum Gasteiger partial charge on any atom is 0.308 e. The number of phenolic OH excluding ortho intramolecular Hbond substituents is 1. The van der Waals surface area contributed by atoms with Crippen LogP contribution in [0.15, 0.2) is 18.2 Å². The molecule has 18 heavy (non-hydrogen) atoms. The van der Waals surface area contributed by atoms with Crippen molar-refractivity contribution in [2.45, 2.75) is 33.7 Å². The van der Waals surface area contributed by atoms with E-state index in [4.69, 9.17) is 10.5 Å². The number of hydrogen-bond donors (Lipinski definition) is 2. The van der Waals surface area contributed by atoms with Gasteiger partial charge in [-0.1, -0.05) is 26.8 Å². The first-order valence-electron chi connectivity index (χ1n) is 5.48. The summed E-state index contributed by atoms with van der Waals surface area (Å²) in [5.74, 6) is -0.382. The van der Waals surface area contributed by atoms with Gasteiger partial charge in [0.1, 0.15) is 0 Å². The van der Waals surface area contributed by atoms with Gasteiger partial charge in [-0.3, -0.25) is 4.79 Å². The van der Waals surface area contributed by atoms with Gasteiger partial charge in [0.15, 0.2) is 11.5 Å². The summed E-state index contributed by atoms with van der Waals surface area (Å²) in [6.45, 7) is 7.35. The lowest BCUT2D eigenvalue weighted by molar-refractivity contribution is -0.132. The molecule has 4 nitrogen and oxygen atoms in total. The van der Waals surface area contributed by atoms with Crippen molar-refractivity contribution < 1.29 is 14.6 Å². The molecule has 0 aliphatic heterocycles. The normalized spacial score (nSPS) is 12.5. The molecule has 0 fully saturated rings. The molecule has 0 amide bonds. The molecule has 0 bridgehead atoms. The van der Waals surface area contributed by atoms with E-state index < -0.39 is 5.97 Å². The minimum Gasteiger partial charge on any atom is -0.504 e. The maximum atomic E-state index is 10.8. The number of phenols is 1. The minimum absolute atomic E-state index is 0. The predicted octanol–water partition coefficient (Wildman–Crippen LogP) is 2.79. The van der Waals surface area contributed by atoms with Gasteiger partial charge in [0.05, 0.1) is 0 Å². The van der Waals surface area contributed by atoms with E-state index in [-0.39, 0.29) is 35.4 Å². The summed E-state index contributed by atoms with van der Waals surface area (Å²) in [6.07, 6.45) is 0. The van der Waals surface area contributed by atoms with Crippen molar-refractivity contribution in [3.05, 3.63) is 23.8 Å². The SMILES string of the molecule is CC(=O)Oc1ccc([C@@H](N)C(C)(C)C)cc1O.Cl. The second-order valence-corrected chi connectivity index (χ2v) is 5.16. The van der Waals surface area contributed by atoms with Gasteiger partial charge in [-0.2, -0.15) is 0 Å². The van der Waals surface area contributed by atoms with Crippen LogP contribution in [0.1, 0.15) is 39.3 Å². The zero-order chi connectivity index (χ0) is 13.2. The number of carbonyl (C=O) groups is 1. The first kappa shape index (κ1) is 16.7. The monoisotopic (exact) mass is 273 g/mol. The van der Waals surface area contributed by atoms with Crippen LogP contribution in [-0.4, -0.2) is 11.1 Å². The third-order valence-corrected chi connectivity index (χ3v) is 2.53. The number of aromatic hydroxyl groups is 1. The van der Waals surface area contributed by atoms with Crippen LogP contribution >= 0.6 is 12.4 Å². The molecule has 5 heteroatoms. The Morgan fingerprint density at radius 2 is 1.94 bits per heavy atom. The van der Waals surface area contributed by atoms with Crippen LogP contribution in [0.25, 0.3) is 0 Å². The summed E-state index contributed by atoms with van der Waals surface area (Å²) >= 11 is 0. The highest BCUT2D eigenvalue weighted by atomic mass is 35.5. The number of halogens is 1. The highest BCUT2D eigenvalue weighted by Crippen LogP contribution is 2.35. The van der Waals surface area contributed by atoms with Crippen molar-refractivity contribution in [3.8, 4) is 11.5 Å². The van der Waals surface area contributed by atoms with Crippen molar-refractivity contribution in [1.29, 1.82) is 0 Å². The molecule has 1 atom stereocenters. The zero-order valence-electron chi connectivity index (χ0n) is 11.1. The molecule has 0 saturated carbocycles. The van der Waals surface area contributed by atoms with Crippen LogP contribution in [0, 0.1) is 5.41 Å². The third kappa shape index (κ3) is 4.20. The summed E-state index contributed by atoms with van der Waals surface area (Å²) in [6, 6.07) is 4.65. The first-order chi connectivity index (χ1) is 7.71. The molecule has 1 aromatic rings. The second-order valence-electron chi connectivity index (χ2n) is 5.16. The fourth-order valence-corrected chi connectivity index (χ4v) is 1.47. The average Bonchev–Trinajstić information content (AvgIpc) is 2.18. The molecule has 0 aliphatic rings. The fraction of sp³-hybridized carbons (Fsp3) is 0.462. The number of ether oxygens (including phenoxy) is 1. The summed E-state index contributed by atoms with van der Waals surface area (Å²) in [7, 11) is 0. The number of rotatable bonds is 2. The molecule has 0 unspecified atom stereocenters. The molecule has 0 saturated heterocycles. The van der Waals surface area contributed by atoms with Gasteiger partial charge in [0.2, 0.25) is 0 Å². The van der Waals surface area contributed by atoms with Crippen LogP contribution in [0.5, 0.6) is 11.5 Å². The topological polar surface area (TPSA) is 72.5 Å². The summed E-state index contributed by atoms with van der Waals surface area (Å²) in [4.78, 5) is 10.8. The van der Waals surface area contributed by atoms with E-state index in [1.165, 1.54) is 13.0 Å². The Kier molecular flexibility index (Phi) is 5.64. The molecule has 1 rings (SSSR count). The quantitative estimate of drug-likeness (QED) is 0.642. The first-order valence-corrected chi connectivity index (χ1v) is 5.48. The minimum atomic E-state index is -0.465. The van der Waals surface area contributed by atoms with Crippen LogP contribution < -0.4 is 10.5 Å². The van der Waals surface area contributed by atoms with Gasteiger partial charge in [0, 0.05) is 13.0 Å². The number of benzene rings is 1. The summed E-state index contributed by atoms with van der Waals surface area (Å²) in [5, 5.41) is 9.72. The van der Waals surface area contributed by atoms with E-state index in [1.807, 2.05) is 20.8 Å². The van der Waals surface area contributed by atoms with Gasteiger partial charge < -0.3 is 15.6 Å². The van der Waals surface area contributed by atoms with E-state index in [9.17, 15) is 9.90 Å². The van der Waals surface area contributed by atoms with Crippen molar-refractivity contribution in [3.63, 3.8) is 0 Å². The second kappa shape index (κ2) is 6.07. The predicted molar refractivity (Wildman–Crippen MR) is 73.0 cm³/mol. The molecule has 0 aliphatic carbocycles. The molecule has 102 valence electrons. The van der Waals surface area contributed by atoms with E-state index in [1.54, 1.807) is 12.1 Å². The maximum absolute atomic E-state index is 10.8. The highest BCUT2D eigenvalue weighted by Gasteiger charge is 2.23. The van der Waals surface area contributed by atoms with Gasteiger partial charge >= 0.3 is 5.97 Å². The Bertz CT molecular complexity index is 427. The Hall–Kier alpha value is -1.26. The lowest BCUT2D eigenvalue weighted by atomic mass is 9.83. The third-order valence-electron chi connectivity index (χ3n) is 2.53. The van der Waals surface area contributed by atoms with Gasteiger partial charge in [-0.05, 0) is 23.1 Å². The highest BCUT2D eigenvalue weighted by molar-refractivity contribution is 5.85. The molecule has 1 aromatic carbocycles. The Morgan fingerprint density at radius 1 is 1.39 bits per heavy atom. The van der Waals surface area contributed by atoms with Crippen LogP contribution in [0.2, 0.25) is 0 Å². The Morgan fingerprint density at radius 3 is 2.33 bits per heavy atom. The molecule has 0 spiro atoms. The number of carbonyl (C=O) groups excluding carboxylic acids is 1. The lowest BCUT2D eigenvalue weighted by Crippen LogP contribution is -2.26. The summed E-state index contributed by atoms with van der Waals surface area (Å²) < 4.78 is 4.84. The Labute approximate surface area is 114 Å². The van der Waals surface area contributed by atoms with Gasteiger partial charge in [0.25, 0.3) is 0 Å². The zero-order valence-corrected chi connectivity index (χ0v) is 11.9. The van der Waals surface area contributed by atoms with Crippen molar-refractivity contribution in [1.82, 2.24) is 0 Å². The lowest BCUT2D eigenvalue weighted by Gasteiger charge is -2.27. The molecule has 0 heterocycles. The summed E-state index contributed by atoms with van der Waals surface area (Å²) in [5.41, 5.74) is 6.78. The van der Waals surface area contributed by atoms with Crippen molar-refractivity contribution >= 4 is 18.4 Å². The number of nitrogens with two attached hydrogens (primary N) is 1. The molecule has 0 radical (unpaired) electrons. The van der Waals surface area contributed by atoms with E-state index >= 15 is 0 Å². The number of hydrogen-bond acceptors (Lipinski definition) is 4. The van der Waals surface area contributed by atoms with Crippen molar-refractivity contribution in [2.75, 3.05) is 0 Å². The fourth-order valence-electron chi connectivity index (χ4n) is 1.47. The largest absolute Gasteiger partial charge is 0.504 e. The van der Waals surface area contributed by atoms with Crippen LogP contribution in [-0.2, 0) is 4.79 Å². The van der Waals surface area contributed by atoms with Crippen LogP contribution in [0.3, 0.4) is 0 Å². The van der Waals surface area contributed by atoms with Gasteiger partial charge in [-0.25, -0.2) is 0 Å².